The summed E-state index contributed by atoms with van der Waals surface area (Å²) in [5, 5.41) is 9.33. The molecule has 0 saturated heterocycles. The minimum absolute atomic E-state index is 0. The molecule has 0 aliphatic heterocycles. The van der Waals surface area contributed by atoms with Crippen molar-refractivity contribution >= 4 is 41.8 Å². The molecule has 8 heteroatoms. The number of hydrogen-bond donors (Lipinski definition) is 3. The van der Waals surface area contributed by atoms with Crippen molar-refractivity contribution in [3.8, 4) is 0 Å². The van der Waals surface area contributed by atoms with Crippen molar-refractivity contribution in [1.82, 2.24) is 20.9 Å². The van der Waals surface area contributed by atoms with Gasteiger partial charge in [-0.15, -0.1) is 24.0 Å². The van der Waals surface area contributed by atoms with Crippen molar-refractivity contribution in [1.29, 1.82) is 0 Å². The number of guanidine groups is 1. The fourth-order valence-corrected chi connectivity index (χ4v) is 2.79. The molecule has 2 amide bonds. The molecular weight excluding hydrogens is 505 g/mol. The topological polar surface area (TPSA) is 85.8 Å². The molecule has 3 N–H and O–H groups in total. The van der Waals surface area contributed by atoms with Crippen molar-refractivity contribution in [2.75, 3.05) is 27.2 Å². The Bertz CT molecular complexity index is 882. The molecule has 0 atom stereocenters. The van der Waals surface area contributed by atoms with Gasteiger partial charge in [-0.25, -0.2) is 4.99 Å². The second-order valence-electron chi connectivity index (χ2n) is 7.01. The summed E-state index contributed by atoms with van der Waals surface area (Å²) in [6.45, 7) is 6.28. The monoisotopic (exact) mass is 537 g/mol. The molecule has 2 aromatic rings. The number of carbonyl (C=O) groups is 2. The molecular formula is C23H32IN5O2. The second kappa shape index (κ2) is 13.6. The first-order valence-electron chi connectivity index (χ1n) is 10.1. The summed E-state index contributed by atoms with van der Waals surface area (Å²) in [5.74, 6) is 0.596. The third-order valence-corrected chi connectivity index (χ3v) is 4.36. The van der Waals surface area contributed by atoms with E-state index >= 15 is 0 Å². The van der Waals surface area contributed by atoms with Gasteiger partial charge in [0.2, 0.25) is 0 Å². The SMILES string of the molecule is CCNC(=O)c1cccc(CN=C(NCC)NCc2ccc(C(=O)N(C)C)cc2)c1.I. The Balaban J connectivity index is 0.00000480. The first-order valence-corrected chi connectivity index (χ1v) is 10.1. The quantitative estimate of drug-likeness (QED) is 0.275. The first kappa shape index (κ1) is 26.4. The Morgan fingerprint density at radius 2 is 1.55 bits per heavy atom. The van der Waals surface area contributed by atoms with Crippen LogP contribution < -0.4 is 16.0 Å². The molecule has 0 heterocycles. The molecule has 168 valence electrons. The predicted molar refractivity (Wildman–Crippen MR) is 136 cm³/mol. The van der Waals surface area contributed by atoms with E-state index in [2.05, 4.69) is 20.9 Å². The van der Waals surface area contributed by atoms with Crippen LogP contribution in [0.25, 0.3) is 0 Å². The van der Waals surface area contributed by atoms with Crippen molar-refractivity contribution in [3.05, 3.63) is 70.8 Å². The maximum absolute atomic E-state index is 12.0. The Labute approximate surface area is 201 Å². The molecule has 0 bridgehead atoms. The number of carbonyl (C=O) groups excluding carboxylic acids is 2. The number of amides is 2. The number of rotatable bonds is 8. The highest BCUT2D eigenvalue weighted by molar-refractivity contribution is 14.0. The van der Waals surface area contributed by atoms with Gasteiger partial charge in [-0.05, 0) is 49.2 Å². The smallest absolute Gasteiger partial charge is 0.253 e. The van der Waals surface area contributed by atoms with E-state index in [0.717, 1.165) is 17.7 Å². The molecule has 0 aliphatic carbocycles. The summed E-state index contributed by atoms with van der Waals surface area (Å²) in [6.07, 6.45) is 0. The van der Waals surface area contributed by atoms with Crippen LogP contribution in [-0.4, -0.2) is 49.9 Å². The van der Waals surface area contributed by atoms with E-state index in [9.17, 15) is 9.59 Å². The van der Waals surface area contributed by atoms with Crippen LogP contribution >= 0.6 is 24.0 Å². The lowest BCUT2D eigenvalue weighted by molar-refractivity contribution is 0.0827. The highest BCUT2D eigenvalue weighted by Gasteiger charge is 2.08. The van der Waals surface area contributed by atoms with E-state index in [0.29, 0.717) is 36.7 Å². The molecule has 0 saturated carbocycles. The first-order chi connectivity index (χ1) is 14.4. The molecule has 0 fully saturated rings. The van der Waals surface area contributed by atoms with Crippen molar-refractivity contribution in [2.24, 2.45) is 4.99 Å². The number of benzene rings is 2. The van der Waals surface area contributed by atoms with E-state index in [-0.39, 0.29) is 35.8 Å². The molecule has 7 nitrogen and oxygen atoms in total. The molecule has 31 heavy (non-hydrogen) atoms. The van der Waals surface area contributed by atoms with E-state index in [4.69, 9.17) is 0 Å². The predicted octanol–water partition coefficient (Wildman–Crippen LogP) is 3.01. The van der Waals surface area contributed by atoms with E-state index < -0.39 is 0 Å². The van der Waals surface area contributed by atoms with Crippen LogP contribution in [0.3, 0.4) is 0 Å². The summed E-state index contributed by atoms with van der Waals surface area (Å²) < 4.78 is 0. The van der Waals surface area contributed by atoms with Gasteiger partial charge in [-0.2, -0.15) is 0 Å². The Hall–Kier alpha value is -2.62. The average molecular weight is 537 g/mol. The summed E-state index contributed by atoms with van der Waals surface area (Å²) in [7, 11) is 3.48. The van der Waals surface area contributed by atoms with Crippen molar-refractivity contribution < 1.29 is 9.59 Å². The summed E-state index contributed by atoms with van der Waals surface area (Å²) >= 11 is 0. The maximum atomic E-state index is 12.0. The largest absolute Gasteiger partial charge is 0.357 e. The summed E-state index contributed by atoms with van der Waals surface area (Å²) in [4.78, 5) is 30.2. The number of nitrogens with zero attached hydrogens (tertiary/aromatic N) is 2. The van der Waals surface area contributed by atoms with Gasteiger partial charge in [0, 0.05) is 44.9 Å². The number of nitrogens with one attached hydrogen (secondary N) is 3. The van der Waals surface area contributed by atoms with Gasteiger partial charge in [0.25, 0.3) is 11.8 Å². The maximum Gasteiger partial charge on any atom is 0.253 e. The van der Waals surface area contributed by atoms with Gasteiger partial charge in [0.05, 0.1) is 6.54 Å². The molecule has 0 unspecified atom stereocenters. The molecule has 2 rings (SSSR count). The highest BCUT2D eigenvalue weighted by atomic mass is 127. The zero-order chi connectivity index (χ0) is 21.9. The lowest BCUT2D eigenvalue weighted by Gasteiger charge is -2.13. The van der Waals surface area contributed by atoms with Crippen LogP contribution in [-0.2, 0) is 13.1 Å². The van der Waals surface area contributed by atoms with Crippen LogP contribution in [0.1, 0.15) is 45.7 Å². The lowest BCUT2D eigenvalue weighted by atomic mass is 10.1. The third kappa shape index (κ3) is 8.56. The second-order valence-corrected chi connectivity index (χ2v) is 7.01. The van der Waals surface area contributed by atoms with Crippen LogP contribution in [0.5, 0.6) is 0 Å². The Kier molecular flexibility index (Phi) is 11.6. The van der Waals surface area contributed by atoms with Crippen molar-refractivity contribution in [3.63, 3.8) is 0 Å². The van der Waals surface area contributed by atoms with Crippen LogP contribution in [0, 0.1) is 0 Å². The van der Waals surface area contributed by atoms with Crippen LogP contribution in [0.15, 0.2) is 53.5 Å². The summed E-state index contributed by atoms with van der Waals surface area (Å²) in [5.41, 5.74) is 3.31. The summed E-state index contributed by atoms with van der Waals surface area (Å²) in [6, 6.07) is 15.0. The zero-order valence-electron chi connectivity index (χ0n) is 18.6. The van der Waals surface area contributed by atoms with E-state index in [1.165, 1.54) is 0 Å². The minimum atomic E-state index is -0.0791. The van der Waals surface area contributed by atoms with Gasteiger partial charge >= 0.3 is 0 Å². The fraction of sp³-hybridized carbons (Fsp3) is 0.348. The van der Waals surface area contributed by atoms with E-state index in [1.807, 2.05) is 56.3 Å². The molecule has 0 aromatic heterocycles. The molecule has 0 radical (unpaired) electrons. The normalized spacial score (nSPS) is 10.6. The Morgan fingerprint density at radius 3 is 2.16 bits per heavy atom. The number of hydrogen-bond acceptors (Lipinski definition) is 3. The van der Waals surface area contributed by atoms with Gasteiger partial charge < -0.3 is 20.9 Å². The fourth-order valence-electron chi connectivity index (χ4n) is 2.79. The highest BCUT2D eigenvalue weighted by Crippen LogP contribution is 2.08. The van der Waals surface area contributed by atoms with Crippen LogP contribution in [0.4, 0.5) is 0 Å². The number of halogens is 1. The van der Waals surface area contributed by atoms with Gasteiger partial charge in [0.1, 0.15) is 0 Å². The van der Waals surface area contributed by atoms with Crippen LogP contribution in [0.2, 0.25) is 0 Å². The molecule has 2 aromatic carbocycles. The van der Waals surface area contributed by atoms with Gasteiger partial charge in [-0.1, -0.05) is 24.3 Å². The lowest BCUT2D eigenvalue weighted by Crippen LogP contribution is -2.36. The van der Waals surface area contributed by atoms with E-state index in [1.54, 1.807) is 25.1 Å². The standard InChI is InChI=1S/C23H31N5O2.HI/c1-5-24-21(29)20-9-7-8-18(14-20)16-27-23(25-6-2)26-15-17-10-12-19(13-11-17)22(30)28(3)4;/h7-14H,5-6,15-16H2,1-4H3,(H,24,29)(H2,25,26,27);1H. The zero-order valence-corrected chi connectivity index (χ0v) is 20.9. The molecule has 0 spiro atoms. The van der Waals surface area contributed by atoms with Crippen molar-refractivity contribution in [2.45, 2.75) is 26.9 Å². The molecule has 0 aliphatic rings. The van der Waals surface area contributed by atoms with Gasteiger partial charge in [-0.3, -0.25) is 9.59 Å². The Morgan fingerprint density at radius 1 is 0.871 bits per heavy atom. The number of aliphatic imine (C=N–C) groups is 1. The van der Waals surface area contributed by atoms with Gasteiger partial charge in [0.15, 0.2) is 5.96 Å². The minimum Gasteiger partial charge on any atom is -0.357 e. The third-order valence-electron chi connectivity index (χ3n) is 4.36. The average Bonchev–Trinajstić information content (AvgIpc) is 2.76.